The SMILES string of the molecule is CCn1nc(C(=O)N2CC[C@@H](c3ncc(C)[nH]3)C2)cc1C. The fraction of sp³-hybridized carbons (Fsp3) is 0.533. The summed E-state index contributed by atoms with van der Waals surface area (Å²) in [7, 11) is 0. The molecule has 1 amide bonds. The normalized spacial score (nSPS) is 18.4. The summed E-state index contributed by atoms with van der Waals surface area (Å²) in [6.45, 7) is 8.26. The standard InChI is InChI=1S/C15H21N5O/c1-4-20-11(3)7-13(18-20)15(21)19-6-5-12(9-19)14-16-8-10(2)17-14/h7-8,12H,4-6,9H2,1-3H3,(H,16,17)/t12-/m1/s1. The van der Waals surface area contributed by atoms with Gasteiger partial charge in [-0.15, -0.1) is 0 Å². The number of likely N-dealkylation sites (tertiary alicyclic amines) is 1. The summed E-state index contributed by atoms with van der Waals surface area (Å²) in [5.74, 6) is 1.31. The highest BCUT2D eigenvalue weighted by molar-refractivity contribution is 5.92. The van der Waals surface area contributed by atoms with Crippen molar-refractivity contribution in [2.75, 3.05) is 13.1 Å². The zero-order valence-electron chi connectivity index (χ0n) is 12.8. The van der Waals surface area contributed by atoms with E-state index in [0.717, 1.165) is 36.7 Å². The number of aromatic amines is 1. The van der Waals surface area contributed by atoms with E-state index in [0.29, 0.717) is 18.2 Å². The average Bonchev–Trinajstić information content (AvgIpc) is 3.16. The number of nitrogens with zero attached hydrogens (tertiary/aromatic N) is 4. The van der Waals surface area contributed by atoms with Crippen molar-refractivity contribution in [2.45, 2.75) is 39.7 Å². The zero-order chi connectivity index (χ0) is 15.0. The van der Waals surface area contributed by atoms with Gasteiger partial charge >= 0.3 is 0 Å². The summed E-state index contributed by atoms with van der Waals surface area (Å²) in [6, 6.07) is 1.87. The first-order valence-electron chi connectivity index (χ1n) is 7.43. The van der Waals surface area contributed by atoms with Crippen LogP contribution in [0.2, 0.25) is 0 Å². The minimum Gasteiger partial charge on any atom is -0.346 e. The van der Waals surface area contributed by atoms with E-state index in [1.54, 1.807) is 0 Å². The van der Waals surface area contributed by atoms with Gasteiger partial charge in [-0.25, -0.2) is 4.98 Å². The monoisotopic (exact) mass is 287 g/mol. The van der Waals surface area contributed by atoms with Crippen molar-refractivity contribution in [3.8, 4) is 0 Å². The van der Waals surface area contributed by atoms with Gasteiger partial charge in [0, 0.05) is 43.1 Å². The van der Waals surface area contributed by atoms with Gasteiger partial charge in [0.2, 0.25) is 0 Å². The van der Waals surface area contributed by atoms with Crippen LogP contribution in [-0.2, 0) is 6.54 Å². The Morgan fingerprint density at radius 2 is 2.29 bits per heavy atom. The molecule has 0 aliphatic carbocycles. The second-order valence-electron chi connectivity index (χ2n) is 5.67. The lowest BCUT2D eigenvalue weighted by Crippen LogP contribution is -2.29. The number of amides is 1. The Bertz CT molecular complexity index is 657. The number of hydrogen-bond donors (Lipinski definition) is 1. The summed E-state index contributed by atoms with van der Waals surface area (Å²) in [5, 5.41) is 4.38. The Morgan fingerprint density at radius 3 is 2.90 bits per heavy atom. The number of imidazole rings is 1. The third kappa shape index (κ3) is 2.57. The molecular formula is C15H21N5O. The van der Waals surface area contributed by atoms with E-state index in [9.17, 15) is 4.79 Å². The molecule has 1 aliphatic rings. The van der Waals surface area contributed by atoms with Gasteiger partial charge in [0.25, 0.3) is 5.91 Å². The van der Waals surface area contributed by atoms with Crippen LogP contribution in [0.15, 0.2) is 12.3 Å². The second-order valence-corrected chi connectivity index (χ2v) is 5.67. The van der Waals surface area contributed by atoms with Gasteiger partial charge in [0.1, 0.15) is 5.82 Å². The number of aryl methyl sites for hydroxylation is 3. The van der Waals surface area contributed by atoms with Crippen molar-refractivity contribution >= 4 is 5.91 Å². The van der Waals surface area contributed by atoms with Crippen molar-refractivity contribution in [3.05, 3.63) is 35.2 Å². The first-order valence-corrected chi connectivity index (χ1v) is 7.43. The molecule has 6 heteroatoms. The van der Waals surface area contributed by atoms with E-state index in [1.165, 1.54) is 0 Å². The third-order valence-corrected chi connectivity index (χ3v) is 4.08. The Hall–Kier alpha value is -2.11. The molecule has 0 radical (unpaired) electrons. The number of carbonyl (C=O) groups is 1. The first-order chi connectivity index (χ1) is 10.1. The van der Waals surface area contributed by atoms with E-state index in [-0.39, 0.29) is 5.91 Å². The van der Waals surface area contributed by atoms with Crippen molar-refractivity contribution in [1.29, 1.82) is 0 Å². The molecule has 0 unspecified atom stereocenters. The average molecular weight is 287 g/mol. The van der Waals surface area contributed by atoms with Crippen molar-refractivity contribution in [1.82, 2.24) is 24.6 Å². The van der Waals surface area contributed by atoms with E-state index in [4.69, 9.17) is 0 Å². The molecule has 0 bridgehead atoms. The smallest absolute Gasteiger partial charge is 0.274 e. The Morgan fingerprint density at radius 1 is 1.48 bits per heavy atom. The van der Waals surface area contributed by atoms with Gasteiger partial charge in [-0.3, -0.25) is 9.48 Å². The van der Waals surface area contributed by atoms with Crippen LogP contribution >= 0.6 is 0 Å². The van der Waals surface area contributed by atoms with E-state index in [2.05, 4.69) is 15.1 Å². The largest absolute Gasteiger partial charge is 0.346 e. The lowest BCUT2D eigenvalue weighted by Gasteiger charge is -2.14. The van der Waals surface area contributed by atoms with Crippen LogP contribution in [0.25, 0.3) is 0 Å². The molecule has 0 spiro atoms. The molecule has 1 fully saturated rings. The van der Waals surface area contributed by atoms with Crippen LogP contribution in [-0.4, -0.2) is 43.6 Å². The van der Waals surface area contributed by atoms with Gasteiger partial charge in [-0.2, -0.15) is 5.10 Å². The van der Waals surface area contributed by atoms with Crippen LogP contribution in [0.3, 0.4) is 0 Å². The summed E-state index contributed by atoms with van der Waals surface area (Å²) in [5.41, 5.74) is 2.64. The van der Waals surface area contributed by atoms with Crippen LogP contribution in [0.4, 0.5) is 0 Å². The summed E-state index contributed by atoms with van der Waals surface area (Å²) < 4.78 is 1.86. The topological polar surface area (TPSA) is 66.8 Å². The predicted molar refractivity (Wildman–Crippen MR) is 79.2 cm³/mol. The fourth-order valence-electron chi connectivity index (χ4n) is 2.91. The quantitative estimate of drug-likeness (QED) is 0.937. The number of carbonyl (C=O) groups excluding carboxylic acids is 1. The Kier molecular flexibility index (Phi) is 3.53. The highest BCUT2D eigenvalue weighted by Crippen LogP contribution is 2.26. The van der Waals surface area contributed by atoms with Crippen molar-refractivity contribution in [3.63, 3.8) is 0 Å². The minimum absolute atomic E-state index is 0.0241. The maximum Gasteiger partial charge on any atom is 0.274 e. The molecule has 1 aliphatic heterocycles. The first kappa shape index (κ1) is 13.9. The summed E-state index contributed by atoms with van der Waals surface area (Å²) in [6.07, 6.45) is 2.79. The zero-order valence-corrected chi connectivity index (χ0v) is 12.8. The van der Waals surface area contributed by atoms with Crippen LogP contribution in [0.1, 0.15) is 47.0 Å². The van der Waals surface area contributed by atoms with Crippen molar-refractivity contribution in [2.24, 2.45) is 0 Å². The number of H-pyrrole nitrogens is 1. The molecule has 2 aromatic heterocycles. The molecular weight excluding hydrogens is 266 g/mol. The summed E-state index contributed by atoms with van der Waals surface area (Å²) >= 11 is 0. The van der Waals surface area contributed by atoms with Crippen LogP contribution in [0, 0.1) is 13.8 Å². The second kappa shape index (κ2) is 5.35. The lowest BCUT2D eigenvalue weighted by atomic mass is 10.1. The summed E-state index contributed by atoms with van der Waals surface area (Å²) in [4.78, 5) is 22.1. The van der Waals surface area contributed by atoms with Crippen LogP contribution in [0.5, 0.6) is 0 Å². The molecule has 0 saturated carbocycles. The van der Waals surface area contributed by atoms with Gasteiger partial charge in [0.05, 0.1) is 0 Å². The highest BCUT2D eigenvalue weighted by atomic mass is 16.2. The number of aromatic nitrogens is 4. The van der Waals surface area contributed by atoms with E-state index >= 15 is 0 Å². The Balaban J connectivity index is 1.71. The van der Waals surface area contributed by atoms with E-state index in [1.807, 2.05) is 42.6 Å². The number of rotatable bonds is 3. The molecule has 3 heterocycles. The lowest BCUT2D eigenvalue weighted by molar-refractivity contribution is 0.0784. The predicted octanol–water partition coefficient (Wildman–Crippen LogP) is 1.87. The van der Waals surface area contributed by atoms with Gasteiger partial charge < -0.3 is 9.88 Å². The highest BCUT2D eigenvalue weighted by Gasteiger charge is 2.30. The molecule has 2 aromatic rings. The molecule has 112 valence electrons. The number of hydrogen-bond acceptors (Lipinski definition) is 3. The molecule has 1 saturated heterocycles. The fourth-order valence-corrected chi connectivity index (χ4v) is 2.91. The Labute approximate surface area is 124 Å². The molecule has 0 aromatic carbocycles. The molecule has 6 nitrogen and oxygen atoms in total. The van der Waals surface area contributed by atoms with Gasteiger partial charge in [-0.1, -0.05) is 0 Å². The number of nitrogens with one attached hydrogen (secondary N) is 1. The van der Waals surface area contributed by atoms with Crippen molar-refractivity contribution < 1.29 is 4.79 Å². The molecule has 3 rings (SSSR count). The minimum atomic E-state index is 0.0241. The molecule has 21 heavy (non-hydrogen) atoms. The maximum absolute atomic E-state index is 12.5. The van der Waals surface area contributed by atoms with Crippen LogP contribution < -0.4 is 0 Å². The van der Waals surface area contributed by atoms with Gasteiger partial charge in [0.15, 0.2) is 5.69 Å². The maximum atomic E-state index is 12.5. The third-order valence-electron chi connectivity index (χ3n) is 4.08. The van der Waals surface area contributed by atoms with Gasteiger partial charge in [-0.05, 0) is 33.3 Å². The molecule has 1 N–H and O–H groups in total. The molecule has 1 atom stereocenters. The van der Waals surface area contributed by atoms with E-state index < -0.39 is 0 Å².